The summed E-state index contributed by atoms with van der Waals surface area (Å²) in [4.78, 5) is 5.24. The predicted molar refractivity (Wildman–Crippen MR) is 76.6 cm³/mol. The van der Waals surface area contributed by atoms with Gasteiger partial charge in [0.25, 0.3) is 0 Å². The van der Waals surface area contributed by atoms with E-state index in [1.807, 2.05) is 19.2 Å². The number of nitrogens with two attached hydrogens (primary N) is 1. The molecule has 0 amide bonds. The molecule has 2 rings (SSSR count). The van der Waals surface area contributed by atoms with E-state index >= 15 is 0 Å². The highest BCUT2D eigenvalue weighted by atomic mass is 79.9. The smallest absolute Gasteiger partial charge is 0.128 e. The van der Waals surface area contributed by atoms with Crippen LogP contribution in [0.3, 0.4) is 0 Å². The summed E-state index contributed by atoms with van der Waals surface area (Å²) >= 11 is 11.1. The molecule has 2 heterocycles. The molecule has 3 nitrogen and oxygen atoms in total. The first kappa shape index (κ1) is 12.8. The minimum absolute atomic E-state index is 0.0116. The molecule has 3 N–H and O–H groups in total. The molecule has 2 aromatic heterocycles. The molecule has 1 atom stereocenters. The van der Waals surface area contributed by atoms with Gasteiger partial charge in [-0.25, -0.2) is 4.98 Å². The van der Waals surface area contributed by atoms with E-state index in [9.17, 15) is 0 Å². The molecule has 0 aliphatic carbocycles. The SMILES string of the molecule is CNC(c1ccc(Br)s1)c1cc(Cl)cnc1N. The normalized spacial score (nSPS) is 12.6. The van der Waals surface area contributed by atoms with Gasteiger partial charge >= 0.3 is 0 Å². The molecule has 0 radical (unpaired) electrons. The Balaban J connectivity index is 2.45. The first-order valence-corrected chi connectivity index (χ1v) is 6.94. The zero-order chi connectivity index (χ0) is 12.4. The van der Waals surface area contributed by atoms with Crippen molar-refractivity contribution in [1.82, 2.24) is 10.3 Å². The summed E-state index contributed by atoms with van der Waals surface area (Å²) < 4.78 is 1.08. The van der Waals surface area contributed by atoms with Gasteiger partial charge in [0, 0.05) is 16.6 Å². The largest absolute Gasteiger partial charge is 0.383 e. The topological polar surface area (TPSA) is 50.9 Å². The lowest BCUT2D eigenvalue weighted by Crippen LogP contribution is -2.18. The molecule has 0 saturated heterocycles. The van der Waals surface area contributed by atoms with Crippen LogP contribution >= 0.6 is 38.9 Å². The third kappa shape index (κ3) is 2.80. The highest BCUT2D eigenvalue weighted by molar-refractivity contribution is 9.11. The molecule has 0 saturated carbocycles. The van der Waals surface area contributed by atoms with Crippen molar-refractivity contribution in [2.24, 2.45) is 0 Å². The molecule has 17 heavy (non-hydrogen) atoms. The van der Waals surface area contributed by atoms with E-state index < -0.39 is 0 Å². The van der Waals surface area contributed by atoms with E-state index in [2.05, 4.69) is 32.3 Å². The van der Waals surface area contributed by atoms with Crippen molar-refractivity contribution in [3.63, 3.8) is 0 Å². The molecule has 0 spiro atoms. The Morgan fingerprint density at radius 1 is 1.53 bits per heavy atom. The fourth-order valence-electron chi connectivity index (χ4n) is 1.63. The van der Waals surface area contributed by atoms with Gasteiger partial charge in [0.1, 0.15) is 5.82 Å². The molecule has 0 fully saturated rings. The van der Waals surface area contributed by atoms with Crippen LogP contribution < -0.4 is 11.1 Å². The average molecular weight is 333 g/mol. The fraction of sp³-hybridized carbons (Fsp3) is 0.182. The van der Waals surface area contributed by atoms with E-state index in [4.69, 9.17) is 17.3 Å². The first-order chi connectivity index (χ1) is 8.11. The molecular weight excluding hydrogens is 322 g/mol. The number of hydrogen-bond donors (Lipinski definition) is 2. The van der Waals surface area contributed by atoms with Crippen molar-refractivity contribution in [3.8, 4) is 0 Å². The van der Waals surface area contributed by atoms with Crippen LogP contribution in [-0.4, -0.2) is 12.0 Å². The fourth-order valence-corrected chi connectivity index (χ4v) is 3.35. The summed E-state index contributed by atoms with van der Waals surface area (Å²) in [5, 5.41) is 3.81. The van der Waals surface area contributed by atoms with Gasteiger partial charge in [-0.3, -0.25) is 0 Å². The molecule has 6 heteroatoms. The van der Waals surface area contributed by atoms with Crippen LogP contribution in [0.25, 0.3) is 0 Å². The standard InChI is InChI=1S/C11H11BrClN3S/c1-15-10(8-2-3-9(12)17-8)7-4-6(13)5-16-11(7)14/h2-5,10,15H,1H3,(H2,14,16). The molecule has 0 aliphatic heterocycles. The Morgan fingerprint density at radius 3 is 2.88 bits per heavy atom. The second-order valence-electron chi connectivity index (χ2n) is 3.49. The Kier molecular flexibility index (Phi) is 4.04. The molecule has 2 aromatic rings. The third-order valence-electron chi connectivity index (χ3n) is 2.39. The maximum Gasteiger partial charge on any atom is 0.128 e. The molecule has 0 aromatic carbocycles. The van der Waals surface area contributed by atoms with E-state index in [1.54, 1.807) is 17.5 Å². The molecule has 90 valence electrons. The van der Waals surface area contributed by atoms with Gasteiger partial charge in [-0.1, -0.05) is 11.6 Å². The maximum atomic E-state index is 5.96. The predicted octanol–water partition coefficient (Wildman–Crippen LogP) is 3.45. The van der Waals surface area contributed by atoms with Crippen LogP contribution in [0.2, 0.25) is 5.02 Å². The maximum absolute atomic E-state index is 5.96. The number of aromatic nitrogens is 1. The minimum Gasteiger partial charge on any atom is -0.383 e. The number of anilines is 1. The van der Waals surface area contributed by atoms with E-state index in [-0.39, 0.29) is 6.04 Å². The number of nitrogens with one attached hydrogen (secondary N) is 1. The monoisotopic (exact) mass is 331 g/mol. The molecular formula is C11H11BrClN3S. The van der Waals surface area contributed by atoms with Crippen LogP contribution in [0, 0.1) is 0 Å². The molecule has 0 aliphatic rings. The van der Waals surface area contributed by atoms with Crippen molar-refractivity contribution in [3.05, 3.63) is 43.6 Å². The van der Waals surface area contributed by atoms with Gasteiger partial charge < -0.3 is 11.1 Å². The summed E-state index contributed by atoms with van der Waals surface area (Å²) in [5.74, 6) is 0.498. The highest BCUT2D eigenvalue weighted by Crippen LogP contribution is 2.33. The van der Waals surface area contributed by atoms with Crippen molar-refractivity contribution in [1.29, 1.82) is 0 Å². The van der Waals surface area contributed by atoms with Crippen LogP contribution in [-0.2, 0) is 0 Å². The second kappa shape index (κ2) is 5.35. The number of nitrogens with zero attached hydrogens (tertiary/aromatic N) is 1. The Morgan fingerprint density at radius 2 is 2.29 bits per heavy atom. The summed E-state index contributed by atoms with van der Waals surface area (Å²) in [6.07, 6.45) is 1.55. The third-order valence-corrected chi connectivity index (χ3v) is 4.29. The number of hydrogen-bond acceptors (Lipinski definition) is 4. The van der Waals surface area contributed by atoms with Gasteiger partial charge in [-0.2, -0.15) is 0 Å². The van der Waals surface area contributed by atoms with Crippen molar-refractivity contribution in [2.75, 3.05) is 12.8 Å². The highest BCUT2D eigenvalue weighted by Gasteiger charge is 2.17. The van der Waals surface area contributed by atoms with E-state index in [0.29, 0.717) is 10.8 Å². The van der Waals surface area contributed by atoms with Gasteiger partial charge in [-0.05, 0) is 41.2 Å². The van der Waals surface area contributed by atoms with E-state index in [0.717, 1.165) is 14.2 Å². The van der Waals surface area contributed by atoms with Crippen LogP contribution in [0.4, 0.5) is 5.82 Å². The number of halogens is 2. The zero-order valence-corrected chi connectivity index (χ0v) is 12.2. The van der Waals surface area contributed by atoms with Crippen molar-refractivity contribution < 1.29 is 0 Å². The minimum atomic E-state index is 0.0116. The lowest BCUT2D eigenvalue weighted by Gasteiger charge is -2.16. The summed E-state index contributed by atoms with van der Waals surface area (Å²) in [7, 11) is 1.89. The summed E-state index contributed by atoms with van der Waals surface area (Å²) in [6.45, 7) is 0. The second-order valence-corrected chi connectivity index (χ2v) is 6.42. The molecule has 1 unspecified atom stereocenters. The lowest BCUT2D eigenvalue weighted by molar-refractivity contribution is 0.703. The first-order valence-electron chi connectivity index (χ1n) is 4.95. The van der Waals surface area contributed by atoms with Gasteiger partial charge in [0.15, 0.2) is 0 Å². The lowest BCUT2D eigenvalue weighted by atomic mass is 10.1. The number of thiophene rings is 1. The number of rotatable bonds is 3. The molecule has 0 bridgehead atoms. The average Bonchev–Trinajstić information content (AvgIpc) is 2.71. The number of nitrogen functional groups attached to an aromatic ring is 1. The number of pyridine rings is 1. The Labute approximate surface area is 117 Å². The quantitative estimate of drug-likeness (QED) is 0.905. The van der Waals surface area contributed by atoms with Crippen LogP contribution in [0.1, 0.15) is 16.5 Å². The van der Waals surface area contributed by atoms with Crippen LogP contribution in [0.15, 0.2) is 28.2 Å². The van der Waals surface area contributed by atoms with Gasteiger partial charge in [0.05, 0.1) is 14.9 Å². The van der Waals surface area contributed by atoms with Crippen molar-refractivity contribution >= 4 is 44.7 Å². The van der Waals surface area contributed by atoms with Crippen LogP contribution in [0.5, 0.6) is 0 Å². The van der Waals surface area contributed by atoms with Gasteiger partial charge in [0.2, 0.25) is 0 Å². The summed E-state index contributed by atoms with van der Waals surface area (Å²) in [6, 6.07) is 5.92. The zero-order valence-electron chi connectivity index (χ0n) is 9.08. The summed E-state index contributed by atoms with van der Waals surface area (Å²) in [5.41, 5.74) is 6.79. The Bertz CT molecular complexity index is 529. The van der Waals surface area contributed by atoms with Crippen molar-refractivity contribution in [2.45, 2.75) is 6.04 Å². The Hall–Kier alpha value is -0.620. The van der Waals surface area contributed by atoms with Gasteiger partial charge in [-0.15, -0.1) is 11.3 Å². The van der Waals surface area contributed by atoms with E-state index in [1.165, 1.54) is 0 Å².